The van der Waals surface area contributed by atoms with Gasteiger partial charge < -0.3 is 14.8 Å². The molecule has 11 heteroatoms. The van der Waals surface area contributed by atoms with Crippen LogP contribution in [0.5, 0.6) is 5.75 Å². The maximum atomic E-state index is 13.4. The largest absolute Gasteiger partial charge is 0.494 e. The third-order valence-electron chi connectivity index (χ3n) is 5.83. The average molecular weight is 581 g/mol. The molecule has 0 aliphatic rings. The van der Waals surface area contributed by atoms with Crippen molar-refractivity contribution in [2.75, 3.05) is 24.8 Å². The van der Waals surface area contributed by atoms with Crippen LogP contribution in [-0.2, 0) is 16.1 Å². The van der Waals surface area contributed by atoms with E-state index < -0.39 is 5.97 Å². The van der Waals surface area contributed by atoms with Crippen LogP contribution in [0, 0.1) is 5.82 Å². The Morgan fingerprint density at radius 1 is 1.12 bits per heavy atom. The molecule has 0 atom stereocenters. The van der Waals surface area contributed by atoms with Crippen LogP contribution in [-0.4, -0.2) is 46.1 Å². The van der Waals surface area contributed by atoms with Gasteiger partial charge in [-0.15, -0.1) is 28.1 Å². The fraction of sp³-hybridized carbons (Fsp3) is 0.241. The summed E-state index contributed by atoms with van der Waals surface area (Å²) in [5, 5.41) is 14.1. The Labute approximate surface area is 240 Å². The first-order valence-corrected chi connectivity index (χ1v) is 14.5. The molecule has 40 heavy (non-hydrogen) atoms. The number of anilines is 1. The van der Waals surface area contributed by atoms with E-state index in [1.807, 2.05) is 28.8 Å². The van der Waals surface area contributed by atoms with Gasteiger partial charge in [0.1, 0.15) is 22.1 Å². The number of amides is 1. The number of hydrogen-bond acceptors (Lipinski definition) is 8. The van der Waals surface area contributed by atoms with Crippen LogP contribution in [0.1, 0.15) is 30.1 Å². The summed E-state index contributed by atoms with van der Waals surface area (Å²) in [6.45, 7) is 7.08. The highest BCUT2D eigenvalue weighted by atomic mass is 32.2. The summed E-state index contributed by atoms with van der Waals surface area (Å²) < 4.78 is 26.0. The fourth-order valence-electron chi connectivity index (χ4n) is 3.83. The Morgan fingerprint density at radius 2 is 1.85 bits per heavy atom. The van der Waals surface area contributed by atoms with Crippen molar-refractivity contribution in [3.05, 3.63) is 77.9 Å². The molecule has 0 unspecified atom stereocenters. The zero-order chi connectivity index (χ0) is 28.5. The highest BCUT2D eigenvalue weighted by Gasteiger charge is 2.23. The highest BCUT2D eigenvalue weighted by molar-refractivity contribution is 7.99. The van der Waals surface area contributed by atoms with Crippen molar-refractivity contribution in [1.82, 2.24) is 14.8 Å². The molecule has 0 aliphatic heterocycles. The summed E-state index contributed by atoms with van der Waals surface area (Å²) >= 11 is 2.42. The van der Waals surface area contributed by atoms with Gasteiger partial charge in [-0.3, -0.25) is 9.36 Å². The molecule has 0 saturated heterocycles. The molecule has 4 rings (SSSR count). The SMILES string of the molecule is C=CCn1c(SCC(=O)Nc2scc(-c3ccc(F)cc3)c2C(=O)OC)nnc1-c1ccc(OCCCC)cc1. The van der Waals surface area contributed by atoms with Crippen molar-refractivity contribution in [3.63, 3.8) is 0 Å². The molecule has 0 spiro atoms. The molecule has 1 N–H and O–H groups in total. The first-order chi connectivity index (χ1) is 19.4. The Balaban J connectivity index is 1.47. The Morgan fingerprint density at radius 3 is 2.52 bits per heavy atom. The third kappa shape index (κ3) is 6.97. The summed E-state index contributed by atoms with van der Waals surface area (Å²) in [7, 11) is 1.27. The quantitative estimate of drug-likeness (QED) is 0.0814. The highest BCUT2D eigenvalue weighted by Crippen LogP contribution is 2.36. The number of carbonyl (C=O) groups excluding carboxylic acids is 2. The first kappa shape index (κ1) is 29.0. The lowest BCUT2D eigenvalue weighted by Crippen LogP contribution is -2.16. The maximum Gasteiger partial charge on any atom is 0.341 e. The Bertz CT molecular complexity index is 1470. The number of thiophene rings is 1. The van der Waals surface area contributed by atoms with Crippen molar-refractivity contribution in [3.8, 4) is 28.3 Å². The van der Waals surface area contributed by atoms with Gasteiger partial charge in [0, 0.05) is 23.1 Å². The van der Waals surface area contributed by atoms with Crippen LogP contribution in [0.25, 0.3) is 22.5 Å². The monoisotopic (exact) mass is 580 g/mol. The van der Waals surface area contributed by atoms with E-state index in [4.69, 9.17) is 9.47 Å². The zero-order valence-corrected chi connectivity index (χ0v) is 23.8. The molecule has 0 bridgehead atoms. The third-order valence-corrected chi connectivity index (χ3v) is 7.69. The van der Waals surface area contributed by atoms with E-state index in [0.29, 0.717) is 40.3 Å². The van der Waals surface area contributed by atoms with Crippen LogP contribution < -0.4 is 10.1 Å². The number of methoxy groups -OCH3 is 1. The molecule has 2 aromatic carbocycles. The Hall–Kier alpha value is -3.96. The van der Waals surface area contributed by atoms with Gasteiger partial charge >= 0.3 is 5.97 Å². The lowest BCUT2D eigenvalue weighted by Gasteiger charge is -2.10. The number of carbonyl (C=O) groups is 2. The standard InChI is InChI=1S/C29H29FN4O4S2/c1-4-6-16-38-22-13-9-20(10-14-22)26-32-33-29(34(26)15-5-2)40-18-24(35)31-27-25(28(36)37-3)23(17-39-27)19-7-11-21(30)12-8-19/h5,7-14,17H,2,4,6,15-16,18H2,1,3H3,(H,31,35). The number of esters is 1. The van der Waals surface area contributed by atoms with Crippen LogP contribution in [0.2, 0.25) is 0 Å². The van der Waals surface area contributed by atoms with E-state index in [9.17, 15) is 14.0 Å². The molecule has 2 heterocycles. The number of allylic oxidation sites excluding steroid dienone is 1. The minimum absolute atomic E-state index is 0.0316. The normalized spacial score (nSPS) is 10.8. The molecule has 0 fully saturated rings. The van der Waals surface area contributed by atoms with Crippen molar-refractivity contribution >= 4 is 40.0 Å². The van der Waals surface area contributed by atoms with Crippen molar-refractivity contribution in [2.24, 2.45) is 0 Å². The summed E-state index contributed by atoms with van der Waals surface area (Å²) in [6.07, 6.45) is 3.80. The fourth-order valence-corrected chi connectivity index (χ4v) is 5.55. The Kier molecular flexibility index (Phi) is 10.1. The van der Waals surface area contributed by atoms with Crippen molar-refractivity contribution in [1.29, 1.82) is 0 Å². The van der Waals surface area contributed by atoms with Gasteiger partial charge in [0.2, 0.25) is 5.91 Å². The van der Waals surface area contributed by atoms with Crippen LogP contribution in [0.3, 0.4) is 0 Å². The molecule has 1 amide bonds. The molecule has 208 valence electrons. The number of unbranched alkanes of at least 4 members (excludes halogenated alkanes) is 1. The van der Waals surface area contributed by atoms with Gasteiger partial charge in [-0.1, -0.05) is 43.3 Å². The molecule has 0 radical (unpaired) electrons. The lowest BCUT2D eigenvalue weighted by molar-refractivity contribution is -0.113. The van der Waals surface area contributed by atoms with Crippen molar-refractivity contribution in [2.45, 2.75) is 31.5 Å². The molecular formula is C29H29FN4O4S2. The summed E-state index contributed by atoms with van der Waals surface area (Å²) in [5.74, 6) is 0.166. The number of ether oxygens (including phenoxy) is 2. The number of aromatic nitrogens is 3. The number of benzene rings is 2. The van der Waals surface area contributed by atoms with Crippen LogP contribution >= 0.6 is 23.1 Å². The number of nitrogens with one attached hydrogen (secondary N) is 1. The predicted octanol–water partition coefficient (Wildman–Crippen LogP) is 6.70. The van der Waals surface area contributed by atoms with E-state index in [1.165, 1.54) is 42.3 Å². The van der Waals surface area contributed by atoms with Gasteiger partial charge in [0.05, 0.1) is 19.5 Å². The summed E-state index contributed by atoms with van der Waals surface area (Å²) in [6, 6.07) is 13.4. The van der Waals surface area contributed by atoms with Gasteiger partial charge in [0.15, 0.2) is 11.0 Å². The van der Waals surface area contributed by atoms with E-state index in [2.05, 4.69) is 29.0 Å². The van der Waals surface area contributed by atoms with E-state index in [0.717, 1.165) is 24.2 Å². The average Bonchev–Trinajstić information content (AvgIpc) is 3.57. The second kappa shape index (κ2) is 13.9. The molecular weight excluding hydrogens is 551 g/mol. The topological polar surface area (TPSA) is 95.3 Å². The predicted molar refractivity (Wildman–Crippen MR) is 156 cm³/mol. The number of hydrogen-bond donors (Lipinski definition) is 1. The molecule has 0 saturated carbocycles. The smallest absolute Gasteiger partial charge is 0.341 e. The number of thioether (sulfide) groups is 1. The molecule has 0 aliphatic carbocycles. The van der Waals surface area contributed by atoms with E-state index in [-0.39, 0.29) is 23.0 Å². The minimum Gasteiger partial charge on any atom is -0.494 e. The lowest BCUT2D eigenvalue weighted by atomic mass is 10.0. The van der Waals surface area contributed by atoms with Crippen LogP contribution in [0.15, 0.2) is 71.7 Å². The van der Waals surface area contributed by atoms with E-state index in [1.54, 1.807) is 23.6 Å². The van der Waals surface area contributed by atoms with Gasteiger partial charge in [-0.2, -0.15) is 0 Å². The minimum atomic E-state index is -0.597. The summed E-state index contributed by atoms with van der Waals surface area (Å²) in [5.41, 5.74) is 2.27. The number of nitrogens with zero attached hydrogens (tertiary/aromatic N) is 3. The maximum absolute atomic E-state index is 13.4. The molecule has 2 aromatic heterocycles. The van der Waals surface area contributed by atoms with Gasteiger partial charge in [0.25, 0.3) is 0 Å². The molecule has 8 nitrogen and oxygen atoms in total. The summed E-state index contributed by atoms with van der Waals surface area (Å²) in [4.78, 5) is 25.5. The second-order valence-corrected chi connectivity index (χ2v) is 10.4. The van der Waals surface area contributed by atoms with Crippen LogP contribution in [0.4, 0.5) is 9.39 Å². The molecule has 4 aromatic rings. The van der Waals surface area contributed by atoms with Gasteiger partial charge in [-0.05, 0) is 48.4 Å². The number of halogens is 1. The number of rotatable bonds is 13. The zero-order valence-electron chi connectivity index (χ0n) is 22.2. The van der Waals surface area contributed by atoms with E-state index >= 15 is 0 Å². The van der Waals surface area contributed by atoms with Crippen molar-refractivity contribution < 1.29 is 23.5 Å². The second-order valence-electron chi connectivity index (χ2n) is 8.62. The first-order valence-electron chi connectivity index (χ1n) is 12.6. The van der Waals surface area contributed by atoms with Gasteiger partial charge in [-0.25, -0.2) is 9.18 Å².